The first-order valence-corrected chi connectivity index (χ1v) is 12.7. The highest BCUT2D eigenvalue weighted by Gasteiger charge is 2.29. The van der Waals surface area contributed by atoms with Gasteiger partial charge in [-0.3, -0.25) is 4.79 Å². The molecule has 0 aliphatic heterocycles. The highest BCUT2D eigenvalue weighted by atomic mass is 19.1. The van der Waals surface area contributed by atoms with Crippen LogP contribution in [-0.4, -0.2) is 26.4 Å². The van der Waals surface area contributed by atoms with Gasteiger partial charge in [-0.2, -0.15) is 0 Å². The van der Waals surface area contributed by atoms with Crippen molar-refractivity contribution in [1.82, 2.24) is 4.57 Å². The van der Waals surface area contributed by atoms with E-state index in [-0.39, 0.29) is 17.4 Å². The van der Waals surface area contributed by atoms with E-state index in [1.54, 1.807) is 53.1 Å². The molecule has 0 unspecified atom stereocenters. The Balaban J connectivity index is 1.84. The lowest BCUT2D eigenvalue weighted by Crippen LogP contribution is -2.36. The smallest absolute Gasteiger partial charge is 0.252 e. The van der Waals surface area contributed by atoms with Gasteiger partial charge in [-0.1, -0.05) is 6.07 Å². The molecular weight excluding hydrogens is 471 g/mol. The molecule has 1 aliphatic carbocycles. The van der Waals surface area contributed by atoms with Crippen LogP contribution in [0.1, 0.15) is 63.1 Å². The van der Waals surface area contributed by atoms with E-state index in [1.807, 2.05) is 19.1 Å². The van der Waals surface area contributed by atoms with Crippen molar-refractivity contribution in [2.45, 2.75) is 77.5 Å². The van der Waals surface area contributed by atoms with Crippen molar-refractivity contribution in [2.24, 2.45) is 7.05 Å². The predicted molar refractivity (Wildman–Crippen MR) is 145 cm³/mol. The van der Waals surface area contributed by atoms with E-state index in [9.17, 15) is 19.4 Å². The summed E-state index contributed by atoms with van der Waals surface area (Å²) in [4.78, 5) is 12.7. The number of pyridine rings is 1. The van der Waals surface area contributed by atoms with Crippen LogP contribution in [-0.2, 0) is 12.6 Å². The summed E-state index contributed by atoms with van der Waals surface area (Å²) >= 11 is 0. The Bertz CT molecular complexity index is 1340. The quantitative estimate of drug-likeness (QED) is 0.384. The van der Waals surface area contributed by atoms with E-state index < -0.39 is 11.2 Å². The van der Waals surface area contributed by atoms with Crippen LogP contribution in [0.15, 0.2) is 47.4 Å². The van der Waals surface area contributed by atoms with Gasteiger partial charge in [0.15, 0.2) is 0 Å². The Labute approximate surface area is 217 Å². The van der Waals surface area contributed by atoms with Crippen molar-refractivity contribution in [1.29, 1.82) is 0 Å². The minimum Gasteiger partial charge on any atom is -0.456 e. The average Bonchev–Trinajstić information content (AvgIpc) is 2.79. The molecule has 0 spiro atoms. The second kappa shape index (κ2) is 9.95. The maximum absolute atomic E-state index is 13.9. The molecule has 198 valence electrons. The Hall–Kier alpha value is -3.16. The Morgan fingerprint density at radius 1 is 1.08 bits per heavy atom. The van der Waals surface area contributed by atoms with Gasteiger partial charge in [0, 0.05) is 42.2 Å². The lowest BCUT2D eigenvalue weighted by Gasteiger charge is -2.34. The molecule has 6 nitrogen and oxygen atoms in total. The van der Waals surface area contributed by atoms with E-state index in [4.69, 9.17) is 4.74 Å². The molecule has 3 N–H and O–H groups in total. The molecule has 1 saturated carbocycles. The number of nitrogens with zero attached hydrogens (tertiary/aromatic N) is 1. The standard InChI is InChI=1S/C30H37FN2O4/c1-18-13-21(31)14-19(2)28(18)37-26-8-7-20(29(3,4)35)15-23(26)24-17-33(6)27(34)16-25(24)32-22-9-11-30(5,36)12-10-22/h7-8,13-17,22,32,35-36H,9-12H2,1-6H3/t22-,30-. The molecule has 0 saturated heterocycles. The van der Waals surface area contributed by atoms with E-state index in [1.165, 1.54) is 16.7 Å². The minimum atomic E-state index is -1.10. The number of aryl methyl sites for hydroxylation is 3. The van der Waals surface area contributed by atoms with Gasteiger partial charge >= 0.3 is 0 Å². The van der Waals surface area contributed by atoms with Crippen molar-refractivity contribution >= 4 is 5.69 Å². The molecule has 7 heteroatoms. The number of rotatable bonds is 6. The molecule has 1 fully saturated rings. The first-order valence-electron chi connectivity index (χ1n) is 12.7. The Morgan fingerprint density at radius 3 is 2.30 bits per heavy atom. The summed E-state index contributed by atoms with van der Waals surface area (Å²) in [5.74, 6) is 0.766. The van der Waals surface area contributed by atoms with E-state index in [2.05, 4.69) is 5.32 Å². The lowest BCUT2D eigenvalue weighted by atomic mass is 9.83. The fourth-order valence-electron chi connectivity index (χ4n) is 4.95. The highest BCUT2D eigenvalue weighted by Crippen LogP contribution is 2.41. The van der Waals surface area contributed by atoms with Gasteiger partial charge in [0.2, 0.25) is 0 Å². The molecule has 0 radical (unpaired) electrons. The normalized spacial score (nSPS) is 20.1. The number of hydrogen-bond donors (Lipinski definition) is 3. The van der Waals surface area contributed by atoms with Crippen LogP contribution in [0.3, 0.4) is 0 Å². The zero-order chi connectivity index (χ0) is 27.1. The van der Waals surface area contributed by atoms with Gasteiger partial charge in [0.05, 0.1) is 11.2 Å². The number of halogens is 1. The molecule has 3 aromatic rings. The summed E-state index contributed by atoms with van der Waals surface area (Å²) in [6.45, 7) is 8.89. The van der Waals surface area contributed by atoms with Crippen LogP contribution in [0, 0.1) is 19.7 Å². The Kier molecular flexibility index (Phi) is 7.23. The largest absolute Gasteiger partial charge is 0.456 e. The van der Waals surface area contributed by atoms with E-state index in [0.717, 1.165) is 18.4 Å². The monoisotopic (exact) mass is 508 g/mol. The third kappa shape index (κ3) is 6.05. The van der Waals surface area contributed by atoms with Crippen molar-refractivity contribution in [3.05, 3.63) is 75.5 Å². The minimum absolute atomic E-state index is 0.106. The number of aromatic nitrogens is 1. The van der Waals surface area contributed by atoms with Crippen molar-refractivity contribution in [3.63, 3.8) is 0 Å². The van der Waals surface area contributed by atoms with Crippen LogP contribution in [0.2, 0.25) is 0 Å². The molecule has 0 amide bonds. The van der Waals surface area contributed by atoms with E-state index in [0.29, 0.717) is 52.3 Å². The van der Waals surface area contributed by atoms with Crippen LogP contribution in [0.25, 0.3) is 11.1 Å². The maximum atomic E-state index is 13.9. The fourth-order valence-corrected chi connectivity index (χ4v) is 4.95. The molecule has 1 heterocycles. The summed E-state index contributed by atoms with van der Waals surface area (Å²) in [6.07, 6.45) is 4.68. The fraction of sp³-hybridized carbons (Fsp3) is 0.433. The second-order valence-electron chi connectivity index (χ2n) is 11.2. The zero-order valence-electron chi connectivity index (χ0n) is 22.5. The van der Waals surface area contributed by atoms with Gasteiger partial charge in [-0.25, -0.2) is 4.39 Å². The molecule has 37 heavy (non-hydrogen) atoms. The van der Waals surface area contributed by atoms with Crippen LogP contribution in [0.4, 0.5) is 10.1 Å². The zero-order valence-corrected chi connectivity index (χ0v) is 22.5. The number of ether oxygens (including phenoxy) is 1. The van der Waals surface area contributed by atoms with Gasteiger partial charge in [-0.15, -0.1) is 0 Å². The molecule has 1 aromatic heterocycles. The van der Waals surface area contributed by atoms with E-state index >= 15 is 0 Å². The van der Waals surface area contributed by atoms with Crippen molar-refractivity contribution in [2.75, 3.05) is 5.32 Å². The summed E-state index contributed by atoms with van der Waals surface area (Å²) in [5, 5.41) is 24.7. The van der Waals surface area contributed by atoms with Crippen LogP contribution in [0.5, 0.6) is 11.5 Å². The summed E-state index contributed by atoms with van der Waals surface area (Å²) in [5.41, 5.74) is 2.22. The molecule has 2 aromatic carbocycles. The second-order valence-corrected chi connectivity index (χ2v) is 11.2. The maximum Gasteiger partial charge on any atom is 0.252 e. The van der Waals surface area contributed by atoms with Crippen LogP contribution < -0.4 is 15.6 Å². The molecule has 0 bridgehead atoms. The lowest BCUT2D eigenvalue weighted by molar-refractivity contribution is 0.0196. The van der Waals surface area contributed by atoms with Gasteiger partial charge < -0.3 is 24.8 Å². The SMILES string of the molecule is Cc1cc(F)cc(C)c1Oc1ccc(C(C)(C)O)cc1-c1cn(C)c(=O)cc1N[C@H]1CC[C@](C)(O)CC1. The van der Waals surface area contributed by atoms with Crippen molar-refractivity contribution < 1.29 is 19.3 Å². The van der Waals surface area contributed by atoms with Gasteiger partial charge in [0.1, 0.15) is 17.3 Å². The molecular formula is C30H37FN2O4. The first kappa shape index (κ1) is 26.9. The summed E-state index contributed by atoms with van der Waals surface area (Å²) in [6, 6.07) is 10.0. The van der Waals surface area contributed by atoms with Crippen LogP contribution >= 0.6 is 0 Å². The third-order valence-corrected chi connectivity index (χ3v) is 7.26. The topological polar surface area (TPSA) is 83.7 Å². The first-order chi connectivity index (χ1) is 17.2. The highest BCUT2D eigenvalue weighted by molar-refractivity contribution is 5.82. The number of anilines is 1. The summed E-state index contributed by atoms with van der Waals surface area (Å²) in [7, 11) is 1.70. The Morgan fingerprint density at radius 2 is 1.70 bits per heavy atom. The number of aliphatic hydroxyl groups is 2. The van der Waals surface area contributed by atoms with Gasteiger partial charge in [-0.05, 0) is 101 Å². The summed E-state index contributed by atoms with van der Waals surface area (Å²) < 4.78 is 21.9. The molecule has 0 atom stereocenters. The number of nitrogens with one attached hydrogen (secondary N) is 1. The predicted octanol–water partition coefficient (Wildman–Crippen LogP) is 5.93. The average molecular weight is 509 g/mol. The number of hydrogen-bond acceptors (Lipinski definition) is 5. The molecule has 4 rings (SSSR count). The third-order valence-electron chi connectivity index (χ3n) is 7.26. The number of benzene rings is 2. The van der Waals surface area contributed by atoms with Crippen molar-refractivity contribution in [3.8, 4) is 22.6 Å². The molecule has 1 aliphatic rings. The van der Waals surface area contributed by atoms with Gasteiger partial charge in [0.25, 0.3) is 5.56 Å².